The Morgan fingerprint density at radius 1 is 0.323 bits per heavy atom. The average Bonchev–Trinajstić information content (AvgIpc) is 3.79. The Morgan fingerprint density at radius 2 is 0.742 bits per heavy atom. The van der Waals surface area contributed by atoms with E-state index in [0.717, 1.165) is 89.4 Å². The molecule has 0 fully saturated rings. The summed E-state index contributed by atoms with van der Waals surface area (Å²) >= 11 is 0. The Morgan fingerprint density at radius 3 is 1.24 bits per heavy atom. The number of nitrogens with zero attached hydrogens (tertiary/aromatic N) is 4. The predicted octanol–water partition coefficient (Wildman–Crippen LogP) is 16.2. The minimum Gasteiger partial charge on any atom is -0.436 e. The molecule has 5 nitrogen and oxygen atoms in total. The Kier molecular flexibility index (Phi) is 9.45. The highest BCUT2D eigenvalue weighted by atomic mass is 16.3. The second-order valence-corrected chi connectivity index (χ2v) is 15.2. The molecule has 0 radical (unpaired) electrons. The fourth-order valence-electron chi connectivity index (χ4n) is 8.62. The van der Waals surface area contributed by atoms with E-state index in [9.17, 15) is 0 Å². The lowest BCUT2D eigenvalue weighted by molar-refractivity contribution is 0.620. The van der Waals surface area contributed by atoms with Crippen molar-refractivity contribution in [1.29, 1.82) is 0 Å². The van der Waals surface area contributed by atoms with E-state index in [1.54, 1.807) is 0 Å². The van der Waals surface area contributed by atoms with Crippen molar-refractivity contribution in [3.05, 3.63) is 243 Å². The summed E-state index contributed by atoms with van der Waals surface area (Å²) in [5, 5.41) is 4.33. The zero-order valence-electron chi connectivity index (χ0n) is 33.8. The standard InChI is InChI=1S/C57H40N4O/c1-6-20-41(21-7-1)57-58-56-54(62-57)37-36-52-53(38-42-22-16-17-35-51(42)55(52)56)61(49-33-18-31-47(39-49)59(43-23-8-2-9-24-43)44-25-10-3-11-26-44)50-34-19-32-48(40-50)60(45-27-12-4-13-28-45)46-29-14-5-15-30-46/h1-40H. The molecular weight excluding hydrogens is 757 g/mol. The van der Waals surface area contributed by atoms with Crippen LogP contribution in [0.15, 0.2) is 247 Å². The SMILES string of the molecule is c1ccc(-c2nc3c(ccc4c(N(c5cccc(N(c6ccccc6)c6ccccc6)c5)c5cccc(N(c6ccccc6)c6ccccc6)c5)cc5ccccc5c43)o2)cc1. The van der Waals surface area contributed by atoms with Gasteiger partial charge in [-0.25, -0.2) is 4.98 Å². The summed E-state index contributed by atoms with van der Waals surface area (Å²) in [6, 6.07) is 85.2. The van der Waals surface area contributed by atoms with Crippen LogP contribution in [0.1, 0.15) is 0 Å². The van der Waals surface area contributed by atoms with Crippen molar-refractivity contribution in [3.8, 4) is 11.5 Å². The van der Waals surface area contributed by atoms with E-state index >= 15 is 0 Å². The molecule has 0 bridgehead atoms. The first-order valence-electron chi connectivity index (χ1n) is 20.9. The summed E-state index contributed by atoms with van der Waals surface area (Å²) < 4.78 is 6.50. The molecule has 62 heavy (non-hydrogen) atoms. The molecule has 294 valence electrons. The Bertz CT molecular complexity index is 3090. The van der Waals surface area contributed by atoms with E-state index in [1.807, 2.05) is 30.3 Å². The number of rotatable bonds is 10. The number of oxazole rings is 1. The molecular formula is C57H40N4O. The van der Waals surface area contributed by atoms with Gasteiger partial charge < -0.3 is 19.1 Å². The van der Waals surface area contributed by atoms with E-state index in [1.165, 1.54) is 0 Å². The number of hydrogen-bond acceptors (Lipinski definition) is 5. The number of fused-ring (bicyclic) bond motifs is 5. The molecule has 0 amide bonds. The van der Waals surface area contributed by atoms with E-state index < -0.39 is 0 Å². The van der Waals surface area contributed by atoms with Crippen molar-refractivity contribution in [2.45, 2.75) is 0 Å². The van der Waals surface area contributed by atoms with Crippen LogP contribution in [0.25, 0.3) is 44.1 Å². The molecule has 11 rings (SSSR count). The minimum absolute atomic E-state index is 0.601. The molecule has 11 aromatic rings. The van der Waals surface area contributed by atoms with Gasteiger partial charge in [-0.15, -0.1) is 0 Å². The van der Waals surface area contributed by atoms with Crippen LogP contribution in [0, 0.1) is 0 Å². The molecule has 0 spiro atoms. The maximum absolute atomic E-state index is 6.50. The van der Waals surface area contributed by atoms with Gasteiger partial charge in [0.2, 0.25) is 5.89 Å². The number of anilines is 9. The van der Waals surface area contributed by atoms with Gasteiger partial charge in [0.05, 0.1) is 5.69 Å². The van der Waals surface area contributed by atoms with Crippen LogP contribution in [-0.2, 0) is 0 Å². The first kappa shape index (κ1) is 36.7. The second-order valence-electron chi connectivity index (χ2n) is 15.2. The lowest BCUT2D eigenvalue weighted by atomic mass is 9.97. The molecule has 0 unspecified atom stereocenters. The predicted molar refractivity (Wildman–Crippen MR) is 259 cm³/mol. The van der Waals surface area contributed by atoms with Gasteiger partial charge >= 0.3 is 0 Å². The van der Waals surface area contributed by atoms with Crippen LogP contribution in [0.3, 0.4) is 0 Å². The van der Waals surface area contributed by atoms with E-state index in [-0.39, 0.29) is 0 Å². The van der Waals surface area contributed by atoms with Crippen molar-refractivity contribution in [3.63, 3.8) is 0 Å². The number of para-hydroxylation sites is 4. The zero-order valence-corrected chi connectivity index (χ0v) is 33.8. The van der Waals surface area contributed by atoms with Crippen molar-refractivity contribution in [2.24, 2.45) is 0 Å². The molecule has 0 aliphatic rings. The lowest BCUT2D eigenvalue weighted by Gasteiger charge is -2.31. The van der Waals surface area contributed by atoms with Gasteiger partial charge in [0, 0.05) is 61.8 Å². The maximum atomic E-state index is 6.50. The largest absolute Gasteiger partial charge is 0.436 e. The monoisotopic (exact) mass is 796 g/mol. The second kappa shape index (κ2) is 16.0. The smallest absolute Gasteiger partial charge is 0.227 e. The molecule has 1 aromatic heterocycles. The highest BCUT2D eigenvalue weighted by Crippen LogP contribution is 2.47. The van der Waals surface area contributed by atoms with Gasteiger partial charge in [0.25, 0.3) is 0 Å². The molecule has 0 aliphatic carbocycles. The van der Waals surface area contributed by atoms with Crippen LogP contribution in [0.5, 0.6) is 0 Å². The molecule has 0 saturated carbocycles. The third-order valence-electron chi connectivity index (χ3n) is 11.4. The quantitative estimate of drug-likeness (QED) is 0.129. The maximum Gasteiger partial charge on any atom is 0.227 e. The Hall–Kier alpha value is -8.41. The average molecular weight is 797 g/mol. The van der Waals surface area contributed by atoms with Crippen LogP contribution in [0.2, 0.25) is 0 Å². The summed E-state index contributed by atoms with van der Waals surface area (Å²) in [6.07, 6.45) is 0. The summed E-state index contributed by atoms with van der Waals surface area (Å²) in [7, 11) is 0. The first-order chi connectivity index (χ1) is 30.8. The summed E-state index contributed by atoms with van der Waals surface area (Å²) in [6.45, 7) is 0. The van der Waals surface area contributed by atoms with E-state index in [2.05, 4.69) is 227 Å². The molecule has 1 heterocycles. The molecule has 10 aromatic carbocycles. The number of hydrogen-bond donors (Lipinski definition) is 0. The summed E-state index contributed by atoms with van der Waals surface area (Å²) in [5.41, 5.74) is 11.9. The highest BCUT2D eigenvalue weighted by molar-refractivity contribution is 6.23. The van der Waals surface area contributed by atoms with Gasteiger partial charge in [0.1, 0.15) is 5.52 Å². The van der Waals surface area contributed by atoms with Crippen molar-refractivity contribution >= 4 is 83.8 Å². The molecule has 0 aliphatic heterocycles. The van der Waals surface area contributed by atoms with E-state index in [0.29, 0.717) is 5.89 Å². The molecule has 5 heteroatoms. The van der Waals surface area contributed by atoms with Crippen LogP contribution < -0.4 is 14.7 Å². The topological polar surface area (TPSA) is 35.8 Å². The van der Waals surface area contributed by atoms with Crippen LogP contribution in [0.4, 0.5) is 51.2 Å². The molecule has 0 atom stereocenters. The van der Waals surface area contributed by atoms with E-state index in [4.69, 9.17) is 9.40 Å². The van der Waals surface area contributed by atoms with Crippen molar-refractivity contribution in [1.82, 2.24) is 4.98 Å². The van der Waals surface area contributed by atoms with Gasteiger partial charge in [-0.3, -0.25) is 0 Å². The highest BCUT2D eigenvalue weighted by Gasteiger charge is 2.23. The summed E-state index contributed by atoms with van der Waals surface area (Å²) in [5.74, 6) is 0.601. The Balaban J connectivity index is 1.18. The lowest BCUT2D eigenvalue weighted by Crippen LogP contribution is -2.15. The fourth-order valence-corrected chi connectivity index (χ4v) is 8.62. The number of benzene rings is 10. The minimum atomic E-state index is 0.601. The Labute approximate surface area is 360 Å². The van der Waals surface area contributed by atoms with Gasteiger partial charge in [0.15, 0.2) is 5.58 Å². The normalized spacial score (nSPS) is 11.2. The fraction of sp³-hybridized carbons (Fsp3) is 0. The van der Waals surface area contributed by atoms with Gasteiger partial charge in [-0.2, -0.15) is 0 Å². The van der Waals surface area contributed by atoms with Gasteiger partial charge in [-0.1, -0.05) is 127 Å². The third kappa shape index (κ3) is 6.78. The third-order valence-corrected chi connectivity index (χ3v) is 11.4. The van der Waals surface area contributed by atoms with Gasteiger partial charge in [-0.05, 0) is 126 Å². The van der Waals surface area contributed by atoms with Crippen LogP contribution >= 0.6 is 0 Å². The number of aromatic nitrogens is 1. The van der Waals surface area contributed by atoms with Crippen molar-refractivity contribution < 1.29 is 4.42 Å². The van der Waals surface area contributed by atoms with Crippen molar-refractivity contribution in [2.75, 3.05) is 14.7 Å². The molecule has 0 saturated heterocycles. The zero-order chi connectivity index (χ0) is 41.2. The molecule has 0 N–H and O–H groups in total. The summed E-state index contributed by atoms with van der Waals surface area (Å²) in [4.78, 5) is 12.2. The van der Waals surface area contributed by atoms with Crippen LogP contribution in [-0.4, -0.2) is 4.98 Å². The first-order valence-corrected chi connectivity index (χ1v) is 20.9.